The van der Waals surface area contributed by atoms with Gasteiger partial charge in [-0.1, -0.05) is 79.8 Å². The van der Waals surface area contributed by atoms with E-state index >= 15 is 0 Å². The van der Waals surface area contributed by atoms with Crippen molar-refractivity contribution in [1.82, 2.24) is 0 Å². The molecule has 1 aromatic heterocycles. The SMILES string of the molecule is CCCC(N1C(=CC(=Cc2sc3ccc(-c4ccccc4)cc3[n+]2CC)CC)Sc2ccc(C(=O)OC)cc21)S(=O)(=O)[O-]. The number of carbonyl (C=O) groups is 1. The predicted molar refractivity (Wildman–Crippen MR) is 174 cm³/mol. The number of hydrogen-bond donors (Lipinski definition) is 0. The van der Waals surface area contributed by atoms with Gasteiger partial charge in [-0.25, -0.2) is 13.2 Å². The summed E-state index contributed by atoms with van der Waals surface area (Å²) in [5, 5.41) is 0.418. The molecule has 0 radical (unpaired) electrons. The van der Waals surface area contributed by atoms with Crippen LogP contribution >= 0.6 is 23.1 Å². The Bertz CT molecular complexity index is 1830. The van der Waals surface area contributed by atoms with Crippen molar-refractivity contribution in [2.24, 2.45) is 0 Å². The highest BCUT2D eigenvalue weighted by Gasteiger charge is 2.35. The van der Waals surface area contributed by atoms with Crippen molar-refractivity contribution in [2.75, 3.05) is 12.0 Å². The van der Waals surface area contributed by atoms with Crippen LogP contribution in [0.1, 0.15) is 55.4 Å². The number of aryl methyl sites for hydroxylation is 1. The number of methoxy groups -OCH3 is 1. The highest BCUT2D eigenvalue weighted by atomic mass is 32.2. The first kappa shape index (κ1) is 31.0. The molecule has 0 aliphatic carbocycles. The fourth-order valence-electron chi connectivity index (χ4n) is 5.27. The van der Waals surface area contributed by atoms with E-state index in [0.717, 1.165) is 38.7 Å². The molecule has 5 rings (SSSR count). The van der Waals surface area contributed by atoms with Crippen molar-refractivity contribution in [3.05, 3.63) is 94.0 Å². The minimum atomic E-state index is -4.70. The number of fused-ring (bicyclic) bond motifs is 2. The fraction of sp³-hybridized carbons (Fsp3) is 0.273. The zero-order valence-electron chi connectivity index (χ0n) is 24.6. The molecule has 0 bridgehead atoms. The molecule has 0 saturated heterocycles. The molecule has 0 amide bonds. The summed E-state index contributed by atoms with van der Waals surface area (Å²) in [6.45, 7) is 6.82. The van der Waals surface area contributed by atoms with Crippen LogP contribution in [0.25, 0.3) is 27.4 Å². The second kappa shape index (κ2) is 13.1. The lowest BCUT2D eigenvalue weighted by Crippen LogP contribution is -2.38. The first-order chi connectivity index (χ1) is 20.7. The average Bonchev–Trinajstić information content (AvgIpc) is 3.54. The summed E-state index contributed by atoms with van der Waals surface area (Å²) in [6.07, 6.45) is 5.47. The van der Waals surface area contributed by atoms with Gasteiger partial charge in [0.1, 0.15) is 26.7 Å². The smallest absolute Gasteiger partial charge is 0.337 e. The summed E-state index contributed by atoms with van der Waals surface area (Å²) in [6, 6.07) is 21.9. The van der Waals surface area contributed by atoms with Gasteiger partial charge in [-0.05, 0) is 66.8 Å². The number of carbonyl (C=O) groups excluding carboxylic acids is 1. The molecule has 1 atom stereocenters. The van der Waals surface area contributed by atoms with E-state index < -0.39 is 21.5 Å². The van der Waals surface area contributed by atoms with Gasteiger partial charge in [0.05, 0.1) is 23.4 Å². The Kier molecular flexibility index (Phi) is 9.41. The number of anilines is 1. The van der Waals surface area contributed by atoms with Crippen LogP contribution in [0.2, 0.25) is 0 Å². The topological polar surface area (TPSA) is 90.6 Å². The van der Waals surface area contributed by atoms with Gasteiger partial charge in [0.25, 0.3) is 5.01 Å². The third-order valence-corrected chi connectivity index (χ3v) is 10.7. The summed E-state index contributed by atoms with van der Waals surface area (Å²) < 4.78 is 46.0. The van der Waals surface area contributed by atoms with Crippen LogP contribution in [0.3, 0.4) is 0 Å². The molecule has 224 valence electrons. The Balaban J connectivity index is 1.61. The summed E-state index contributed by atoms with van der Waals surface area (Å²) in [5.74, 6) is -0.527. The summed E-state index contributed by atoms with van der Waals surface area (Å²) >= 11 is 3.11. The molecule has 4 aromatic rings. The van der Waals surface area contributed by atoms with E-state index in [-0.39, 0.29) is 6.42 Å². The van der Waals surface area contributed by atoms with E-state index in [0.29, 0.717) is 29.1 Å². The Hall–Kier alpha value is -3.44. The molecule has 7 nitrogen and oxygen atoms in total. The molecule has 0 saturated carbocycles. The number of nitrogens with zero attached hydrogens (tertiary/aromatic N) is 2. The van der Waals surface area contributed by atoms with E-state index in [1.165, 1.54) is 23.6 Å². The number of rotatable bonds is 10. The summed E-state index contributed by atoms with van der Waals surface area (Å²) in [5.41, 5.74) is 5.28. The molecule has 1 unspecified atom stereocenters. The average molecular weight is 635 g/mol. The first-order valence-electron chi connectivity index (χ1n) is 14.3. The van der Waals surface area contributed by atoms with E-state index in [2.05, 4.69) is 54.8 Å². The lowest BCUT2D eigenvalue weighted by atomic mass is 10.1. The molecule has 1 aliphatic rings. The van der Waals surface area contributed by atoms with Crippen LogP contribution in [-0.2, 0) is 21.4 Å². The monoisotopic (exact) mass is 634 g/mol. The van der Waals surface area contributed by atoms with E-state index in [9.17, 15) is 17.8 Å². The third kappa shape index (κ3) is 6.43. The Morgan fingerprint density at radius 2 is 1.81 bits per heavy atom. The minimum Gasteiger partial charge on any atom is -0.746 e. The van der Waals surface area contributed by atoms with Crippen LogP contribution < -0.4 is 9.47 Å². The van der Waals surface area contributed by atoms with Crippen LogP contribution in [0.4, 0.5) is 5.69 Å². The molecule has 10 heteroatoms. The molecule has 1 aliphatic heterocycles. The molecule has 3 aromatic carbocycles. The van der Waals surface area contributed by atoms with Crippen LogP contribution in [-0.4, -0.2) is 31.4 Å². The van der Waals surface area contributed by atoms with Gasteiger partial charge in [-0.2, -0.15) is 4.57 Å². The summed E-state index contributed by atoms with van der Waals surface area (Å²) in [4.78, 5) is 14.7. The molecule has 0 N–H and O–H groups in total. The zero-order valence-corrected chi connectivity index (χ0v) is 27.0. The van der Waals surface area contributed by atoms with Crippen molar-refractivity contribution in [1.29, 1.82) is 0 Å². The number of thiazole rings is 1. The van der Waals surface area contributed by atoms with Gasteiger partial charge in [0.2, 0.25) is 5.52 Å². The van der Waals surface area contributed by atoms with Crippen molar-refractivity contribution in [3.8, 4) is 11.1 Å². The van der Waals surface area contributed by atoms with Gasteiger partial charge in [-0.3, -0.25) is 0 Å². The van der Waals surface area contributed by atoms with Crippen LogP contribution in [0.15, 0.2) is 88.3 Å². The van der Waals surface area contributed by atoms with E-state index in [1.54, 1.807) is 34.4 Å². The second-order valence-corrected chi connectivity index (χ2v) is 13.8. The van der Waals surface area contributed by atoms with Gasteiger partial charge >= 0.3 is 5.97 Å². The second-order valence-electron chi connectivity index (χ2n) is 10.2. The van der Waals surface area contributed by atoms with Gasteiger partial charge < -0.3 is 14.2 Å². The molecule has 0 fully saturated rings. The third-order valence-electron chi connectivity index (χ3n) is 7.43. The van der Waals surface area contributed by atoms with Gasteiger partial charge in [0.15, 0.2) is 0 Å². The minimum absolute atomic E-state index is 0.159. The number of aromatic nitrogens is 1. The maximum atomic E-state index is 12.6. The van der Waals surface area contributed by atoms with Crippen molar-refractivity contribution in [2.45, 2.75) is 56.8 Å². The molecule has 2 heterocycles. The Labute approximate surface area is 261 Å². The standard InChI is InChI=1S/C33H34N2O5S3/c1-5-11-32(43(37,38)39)35-27-21-25(33(36)40-4)15-17-29(27)42-31(35)19-22(6-2)18-30-34(7-3)26-20-24(14-16-28(26)41-30)23-12-9-8-10-13-23/h8-10,12-21,32H,5-7,11H2,1-4H3. The Morgan fingerprint density at radius 3 is 2.47 bits per heavy atom. The van der Waals surface area contributed by atoms with Gasteiger partial charge in [-0.15, -0.1) is 0 Å². The molecule has 0 spiro atoms. The van der Waals surface area contributed by atoms with Crippen molar-refractivity contribution in [3.63, 3.8) is 0 Å². The lowest BCUT2D eigenvalue weighted by molar-refractivity contribution is -0.665. The van der Waals surface area contributed by atoms with Crippen LogP contribution in [0, 0.1) is 0 Å². The number of benzene rings is 3. The molecular formula is C33H34N2O5S3. The number of thioether (sulfide) groups is 1. The number of esters is 1. The maximum absolute atomic E-state index is 12.6. The first-order valence-corrected chi connectivity index (χ1v) is 17.4. The lowest BCUT2D eigenvalue weighted by Gasteiger charge is -2.32. The van der Waals surface area contributed by atoms with Gasteiger partial charge in [0, 0.05) is 17.0 Å². The number of ether oxygens (including phenoxy) is 1. The Morgan fingerprint density at radius 1 is 1.05 bits per heavy atom. The largest absolute Gasteiger partial charge is 0.746 e. The van der Waals surface area contributed by atoms with E-state index in [1.807, 2.05) is 31.2 Å². The normalized spacial score (nSPS) is 15.2. The highest BCUT2D eigenvalue weighted by Crippen LogP contribution is 2.49. The fourth-order valence-corrected chi connectivity index (χ4v) is 8.69. The summed E-state index contributed by atoms with van der Waals surface area (Å²) in [7, 11) is -3.40. The van der Waals surface area contributed by atoms with Crippen molar-refractivity contribution >= 4 is 61.2 Å². The number of allylic oxidation sites excluding steroid dienone is 2. The predicted octanol–water partition coefficient (Wildman–Crippen LogP) is 7.58. The highest BCUT2D eigenvalue weighted by molar-refractivity contribution is 8.03. The number of hydrogen-bond acceptors (Lipinski definition) is 8. The molecule has 43 heavy (non-hydrogen) atoms. The van der Waals surface area contributed by atoms with Crippen molar-refractivity contribution < 1.29 is 27.1 Å². The molecular weight excluding hydrogens is 601 g/mol. The van der Waals surface area contributed by atoms with E-state index in [4.69, 9.17) is 4.74 Å². The zero-order chi connectivity index (χ0) is 30.7. The van der Waals surface area contributed by atoms with Crippen LogP contribution in [0.5, 0.6) is 0 Å². The maximum Gasteiger partial charge on any atom is 0.337 e. The quantitative estimate of drug-likeness (QED) is 0.101.